The van der Waals surface area contributed by atoms with Gasteiger partial charge < -0.3 is 9.53 Å². The molecular weight excluding hydrogens is 583 g/mol. The Labute approximate surface area is 190 Å². The van der Waals surface area contributed by atoms with E-state index in [1.807, 2.05) is 0 Å². The number of rotatable bonds is 12. The molecule has 0 radical (unpaired) electrons. The van der Waals surface area contributed by atoms with E-state index in [1.165, 1.54) is 17.8 Å². The smallest absolute Gasteiger partial charge is 0.432 e. The third-order valence-electron chi connectivity index (χ3n) is 3.81. The molecule has 22 heteroatoms. The Bertz CT molecular complexity index is 729. The van der Waals surface area contributed by atoms with E-state index in [4.69, 9.17) is 0 Å². The molecule has 0 aliphatic rings. The third kappa shape index (κ3) is 7.69. The molecule has 0 aromatic carbocycles. The van der Waals surface area contributed by atoms with E-state index in [2.05, 4.69) is 9.47 Å². The minimum Gasteiger partial charge on any atom is -0.432 e. The van der Waals surface area contributed by atoms with Crippen molar-refractivity contribution >= 4 is 8.32 Å². The highest BCUT2D eigenvalue weighted by molar-refractivity contribution is 6.69. The summed E-state index contributed by atoms with van der Waals surface area (Å²) in [6, 6.07) is -0.159. The Balaban J connectivity index is 6.24. The maximum Gasteiger partial charge on any atom is 0.462 e. The first-order valence-corrected chi connectivity index (χ1v) is 11.9. The van der Waals surface area contributed by atoms with Crippen molar-refractivity contribution in [3.05, 3.63) is 0 Å². The summed E-state index contributed by atoms with van der Waals surface area (Å²) in [5.41, 5.74) is 0. The number of hydrogen-bond donors (Lipinski definition) is 1. The van der Waals surface area contributed by atoms with Crippen molar-refractivity contribution in [3.8, 4) is 0 Å². The van der Waals surface area contributed by atoms with Gasteiger partial charge in [0.25, 0.3) is 0 Å². The molecule has 0 saturated carbocycles. The summed E-state index contributed by atoms with van der Waals surface area (Å²) >= 11 is 0. The Hall–Kier alpha value is -1.13. The largest absolute Gasteiger partial charge is 0.462 e. The number of hydrogen-bond acceptors (Lipinski definition) is 4. The third-order valence-corrected chi connectivity index (χ3v) is 5.38. The monoisotopic (exact) mass is 598 g/mol. The summed E-state index contributed by atoms with van der Waals surface area (Å²) in [7, 11) is -2.88. The highest BCUT2D eigenvalue weighted by Gasteiger charge is 2.85. The van der Waals surface area contributed by atoms with Gasteiger partial charge in [0.05, 0.1) is 0 Å². The molecule has 2 atom stereocenters. The van der Waals surface area contributed by atoms with Crippen molar-refractivity contribution in [2.24, 2.45) is 0 Å². The first-order valence-electron chi connectivity index (χ1n) is 8.79. The van der Waals surface area contributed by atoms with Crippen molar-refractivity contribution in [2.45, 2.75) is 73.9 Å². The van der Waals surface area contributed by atoms with E-state index in [-0.39, 0.29) is 6.04 Å². The maximum absolute atomic E-state index is 14.1. The Morgan fingerprint density at radius 1 is 0.611 bits per heavy atom. The predicted octanol–water partition coefficient (Wildman–Crippen LogP) is 6.46. The van der Waals surface area contributed by atoms with Gasteiger partial charge in [-0.3, -0.25) is 9.47 Å². The average molecular weight is 598 g/mol. The fourth-order valence-corrected chi connectivity index (χ4v) is 2.95. The average Bonchev–Trinajstić information content (AvgIpc) is 2.56. The number of halogens is 17. The van der Waals surface area contributed by atoms with E-state index in [0.29, 0.717) is 0 Å². The van der Waals surface area contributed by atoms with Crippen LogP contribution in [0.4, 0.5) is 74.6 Å². The molecule has 0 aromatic heterocycles. The Morgan fingerprint density at radius 3 is 1.39 bits per heavy atom. The molecule has 218 valence electrons. The topological polar surface area (TPSA) is 47.9 Å². The van der Waals surface area contributed by atoms with Gasteiger partial charge in [-0.15, -0.1) is 0 Å². The Kier molecular flexibility index (Phi) is 9.89. The van der Waals surface area contributed by atoms with Crippen molar-refractivity contribution in [3.63, 3.8) is 0 Å². The second kappa shape index (κ2) is 10.2. The zero-order chi connectivity index (χ0) is 29.4. The quantitative estimate of drug-likeness (QED) is 0.159. The molecule has 36 heavy (non-hydrogen) atoms. The Morgan fingerprint density at radius 2 is 1.06 bits per heavy atom. The highest BCUT2D eigenvalue weighted by Crippen LogP contribution is 2.56. The second-order valence-electron chi connectivity index (χ2n) is 7.60. The fourth-order valence-electron chi connectivity index (χ4n) is 1.94. The van der Waals surface area contributed by atoms with Crippen molar-refractivity contribution in [2.75, 3.05) is 13.2 Å². The van der Waals surface area contributed by atoms with Gasteiger partial charge in [0.2, 0.25) is 0 Å². The van der Waals surface area contributed by atoms with Gasteiger partial charge in [-0.05, 0) is 25.6 Å². The lowest BCUT2D eigenvalue weighted by Crippen LogP contribution is -2.67. The van der Waals surface area contributed by atoms with E-state index in [0.717, 1.165) is 0 Å². The second-order valence-corrected chi connectivity index (χ2v) is 11.7. The van der Waals surface area contributed by atoms with Crippen LogP contribution >= 0.6 is 0 Å². The van der Waals surface area contributed by atoms with Crippen LogP contribution in [-0.4, -0.2) is 74.7 Å². The summed E-state index contributed by atoms with van der Waals surface area (Å²) in [6.07, 6.45) is -38.2. The summed E-state index contributed by atoms with van der Waals surface area (Å²) in [4.78, 5) is 9.48. The zero-order valence-electron chi connectivity index (χ0n) is 17.4. The van der Waals surface area contributed by atoms with Crippen LogP contribution in [0.3, 0.4) is 0 Å². The van der Waals surface area contributed by atoms with Crippen LogP contribution in [0, 0.1) is 0 Å². The van der Waals surface area contributed by atoms with Crippen molar-refractivity contribution < 1.29 is 93.6 Å². The van der Waals surface area contributed by atoms with Crippen LogP contribution < -0.4 is 0 Å². The standard InChI is InChI=1S/C14H15F17O4Si/c1-36(2,32)5-3-4-33-6-7(15,10(19,20)21)34-14(30,31)9(18,12(25,26)27)35-13(28,29)8(16,17)11(22,23)24/h32H,3-6H2,1-2H3. The first kappa shape index (κ1) is 34.9. The van der Waals surface area contributed by atoms with Gasteiger partial charge in [-0.2, -0.15) is 74.6 Å². The molecular formula is C14H15F17O4Si. The molecule has 2 unspecified atom stereocenters. The maximum atomic E-state index is 14.1. The summed E-state index contributed by atoms with van der Waals surface area (Å²) in [5, 5.41) is 0. The summed E-state index contributed by atoms with van der Waals surface area (Å²) in [5.74, 6) is -21.9. The van der Waals surface area contributed by atoms with Gasteiger partial charge >= 0.3 is 48.4 Å². The van der Waals surface area contributed by atoms with Crippen LogP contribution in [0.2, 0.25) is 19.1 Å². The molecule has 0 aliphatic carbocycles. The minimum atomic E-state index is -7.91. The molecule has 4 nitrogen and oxygen atoms in total. The van der Waals surface area contributed by atoms with Gasteiger partial charge in [0, 0.05) is 6.61 Å². The van der Waals surface area contributed by atoms with Crippen molar-refractivity contribution in [1.29, 1.82) is 0 Å². The molecule has 0 aromatic rings. The van der Waals surface area contributed by atoms with Crippen LogP contribution in [0.1, 0.15) is 6.42 Å². The van der Waals surface area contributed by atoms with Crippen LogP contribution in [0.5, 0.6) is 0 Å². The molecule has 0 bridgehead atoms. The van der Waals surface area contributed by atoms with Gasteiger partial charge in [0.1, 0.15) is 6.61 Å². The van der Waals surface area contributed by atoms with E-state index in [1.54, 1.807) is 0 Å². The molecule has 0 spiro atoms. The number of ether oxygens (including phenoxy) is 3. The van der Waals surface area contributed by atoms with Crippen molar-refractivity contribution in [1.82, 2.24) is 0 Å². The molecule has 0 rings (SSSR count). The molecule has 0 fully saturated rings. The molecule has 0 heterocycles. The molecule has 0 saturated heterocycles. The lowest BCUT2D eigenvalue weighted by atomic mass is 10.2. The van der Waals surface area contributed by atoms with Gasteiger partial charge in [-0.1, -0.05) is 0 Å². The van der Waals surface area contributed by atoms with Gasteiger partial charge in [0.15, 0.2) is 8.32 Å². The fraction of sp³-hybridized carbons (Fsp3) is 1.00. The van der Waals surface area contributed by atoms with E-state index < -0.39 is 76.3 Å². The lowest BCUT2D eigenvalue weighted by molar-refractivity contribution is -0.553. The molecule has 0 amide bonds. The van der Waals surface area contributed by atoms with E-state index >= 15 is 0 Å². The molecule has 1 N–H and O–H groups in total. The zero-order valence-corrected chi connectivity index (χ0v) is 18.4. The van der Waals surface area contributed by atoms with E-state index in [9.17, 15) is 79.4 Å². The van der Waals surface area contributed by atoms with Gasteiger partial charge in [-0.25, -0.2) is 0 Å². The number of alkyl halides is 17. The van der Waals surface area contributed by atoms with Crippen LogP contribution in [0.25, 0.3) is 0 Å². The lowest BCUT2D eigenvalue weighted by Gasteiger charge is -2.40. The molecule has 0 aliphatic heterocycles. The highest BCUT2D eigenvalue weighted by atomic mass is 28.4. The predicted molar refractivity (Wildman–Crippen MR) is 82.8 cm³/mol. The summed E-state index contributed by atoms with van der Waals surface area (Å²) in [6.45, 7) is -1.26. The van der Waals surface area contributed by atoms with Crippen LogP contribution in [0.15, 0.2) is 0 Å². The SMILES string of the molecule is C[Si](C)(O)CCCOCC(F)(OC(F)(F)C(F)(OC(F)(F)C(F)(F)C(F)(F)F)C(F)(F)F)C(F)(F)F. The first-order chi connectivity index (χ1) is 15.4. The summed E-state index contributed by atoms with van der Waals surface area (Å²) < 4.78 is 228. The minimum absolute atomic E-state index is 0.159. The normalized spacial score (nSPS) is 18.7. The van der Waals surface area contributed by atoms with Crippen LogP contribution in [-0.2, 0) is 14.2 Å².